The zero-order valence-corrected chi connectivity index (χ0v) is 15.0. The zero-order valence-electron chi connectivity index (χ0n) is 13.4. The average Bonchev–Trinajstić information content (AvgIpc) is 2.93. The number of nitrogens with one attached hydrogen (secondary N) is 3. The highest BCUT2D eigenvalue weighted by Crippen LogP contribution is 2.34. The average molecular weight is 366 g/mol. The third-order valence-electron chi connectivity index (χ3n) is 3.92. The fourth-order valence-corrected chi connectivity index (χ4v) is 4.81. The molecule has 0 spiro atoms. The molecule has 0 radical (unpaired) electrons. The summed E-state index contributed by atoms with van der Waals surface area (Å²) in [5.74, 6) is -0.437. The number of amides is 3. The van der Waals surface area contributed by atoms with Crippen molar-refractivity contribution in [3.8, 4) is 0 Å². The largest absolute Gasteiger partial charge is 0.341 e. The predicted octanol–water partition coefficient (Wildman–Crippen LogP) is 1.80. The number of H-pyrrole nitrogens is 1. The van der Waals surface area contributed by atoms with Crippen LogP contribution in [0.25, 0.3) is 10.2 Å². The van der Waals surface area contributed by atoms with Gasteiger partial charge < -0.3 is 10.3 Å². The number of hydrogen-bond donors (Lipinski definition) is 3. The van der Waals surface area contributed by atoms with Crippen molar-refractivity contribution in [2.45, 2.75) is 43.0 Å². The topological polar surface area (TPSA) is 104 Å². The van der Waals surface area contributed by atoms with Gasteiger partial charge in [-0.25, -0.2) is 9.78 Å². The third kappa shape index (κ3) is 3.32. The van der Waals surface area contributed by atoms with E-state index >= 15 is 0 Å². The number of hydrogen-bond acceptors (Lipinski definition) is 6. The highest BCUT2D eigenvalue weighted by Gasteiger charge is 2.22. The summed E-state index contributed by atoms with van der Waals surface area (Å²) in [7, 11) is 1.44. The van der Waals surface area contributed by atoms with E-state index in [1.165, 1.54) is 11.9 Å². The Bertz CT molecular complexity index is 858. The lowest BCUT2D eigenvalue weighted by Crippen LogP contribution is -2.41. The van der Waals surface area contributed by atoms with Gasteiger partial charge in [0.25, 0.3) is 5.56 Å². The van der Waals surface area contributed by atoms with Gasteiger partial charge in [0.15, 0.2) is 5.16 Å². The molecule has 9 heteroatoms. The molecule has 3 N–H and O–H groups in total. The summed E-state index contributed by atoms with van der Waals surface area (Å²) < 4.78 is 0. The summed E-state index contributed by atoms with van der Waals surface area (Å²) in [6.45, 7) is 1.66. The molecule has 128 valence electrons. The van der Waals surface area contributed by atoms with Crippen LogP contribution in [0, 0.1) is 0 Å². The first-order chi connectivity index (χ1) is 11.5. The van der Waals surface area contributed by atoms with E-state index in [9.17, 15) is 14.4 Å². The van der Waals surface area contributed by atoms with Gasteiger partial charge in [-0.2, -0.15) is 0 Å². The number of aryl methyl sites for hydroxylation is 2. The number of thioether (sulfide) groups is 1. The maximum atomic E-state index is 12.4. The highest BCUT2D eigenvalue weighted by molar-refractivity contribution is 8.00. The van der Waals surface area contributed by atoms with E-state index in [1.54, 1.807) is 18.3 Å². The van der Waals surface area contributed by atoms with Gasteiger partial charge in [0, 0.05) is 11.9 Å². The number of carbonyl (C=O) groups is 2. The first-order valence-corrected chi connectivity index (χ1v) is 9.43. The van der Waals surface area contributed by atoms with Crippen LogP contribution in [-0.4, -0.2) is 34.2 Å². The molecular weight excluding hydrogens is 348 g/mol. The molecule has 2 heterocycles. The number of fused-ring (bicyclic) bond motifs is 3. The Hall–Kier alpha value is -1.87. The minimum absolute atomic E-state index is 0.152. The number of carbonyl (C=O) groups excluding carboxylic acids is 2. The first-order valence-electron chi connectivity index (χ1n) is 7.73. The lowest BCUT2D eigenvalue weighted by molar-refractivity contribution is -0.119. The first kappa shape index (κ1) is 17.0. The normalized spacial score (nSPS) is 14.9. The highest BCUT2D eigenvalue weighted by atomic mass is 32.2. The summed E-state index contributed by atoms with van der Waals surface area (Å²) in [5, 5.41) is 5.07. The predicted molar refractivity (Wildman–Crippen MR) is 94.8 cm³/mol. The molecule has 0 fully saturated rings. The Kier molecular flexibility index (Phi) is 4.91. The second kappa shape index (κ2) is 6.94. The lowest BCUT2D eigenvalue weighted by Gasteiger charge is -2.10. The van der Waals surface area contributed by atoms with Gasteiger partial charge in [-0.3, -0.25) is 14.9 Å². The van der Waals surface area contributed by atoms with E-state index in [2.05, 4.69) is 20.6 Å². The fourth-order valence-electron chi connectivity index (χ4n) is 2.70. The van der Waals surface area contributed by atoms with Crippen LogP contribution in [0.2, 0.25) is 0 Å². The maximum Gasteiger partial charge on any atom is 0.321 e. The molecule has 0 unspecified atom stereocenters. The van der Waals surface area contributed by atoms with Crippen molar-refractivity contribution in [2.24, 2.45) is 0 Å². The lowest BCUT2D eigenvalue weighted by atomic mass is 9.97. The quantitative estimate of drug-likeness (QED) is 0.568. The second-order valence-electron chi connectivity index (χ2n) is 5.59. The van der Waals surface area contributed by atoms with Crippen LogP contribution in [0.1, 0.15) is 30.2 Å². The van der Waals surface area contributed by atoms with Crippen LogP contribution >= 0.6 is 23.1 Å². The van der Waals surface area contributed by atoms with Crippen molar-refractivity contribution in [2.75, 3.05) is 7.05 Å². The van der Waals surface area contributed by atoms with Crippen molar-refractivity contribution >= 4 is 45.3 Å². The zero-order chi connectivity index (χ0) is 17.3. The molecule has 0 saturated carbocycles. The molecule has 0 bridgehead atoms. The SMILES string of the molecule is CNC(=O)NC(=O)[C@@H](C)Sc1nc2sc3c(c2c(=O)[nH]1)CCCC3. The van der Waals surface area contributed by atoms with Crippen molar-refractivity contribution in [3.63, 3.8) is 0 Å². The minimum Gasteiger partial charge on any atom is -0.341 e. The van der Waals surface area contributed by atoms with E-state index in [-0.39, 0.29) is 5.56 Å². The number of rotatable bonds is 3. The second-order valence-corrected chi connectivity index (χ2v) is 8.00. The van der Waals surface area contributed by atoms with Gasteiger partial charge in [-0.15, -0.1) is 11.3 Å². The Morgan fingerprint density at radius 2 is 2.08 bits per heavy atom. The summed E-state index contributed by atoms with van der Waals surface area (Å²) in [5.41, 5.74) is 0.984. The van der Waals surface area contributed by atoms with Gasteiger partial charge in [-0.05, 0) is 38.2 Å². The molecule has 0 aromatic carbocycles. The molecule has 24 heavy (non-hydrogen) atoms. The van der Waals surface area contributed by atoms with Crippen LogP contribution < -0.4 is 16.2 Å². The summed E-state index contributed by atoms with van der Waals surface area (Å²) >= 11 is 2.70. The monoisotopic (exact) mass is 366 g/mol. The number of imide groups is 1. The Morgan fingerprint density at radius 3 is 2.83 bits per heavy atom. The molecule has 1 aliphatic rings. The van der Waals surface area contributed by atoms with Crippen LogP contribution in [0.15, 0.2) is 9.95 Å². The molecule has 7 nitrogen and oxygen atoms in total. The number of aromatic nitrogens is 2. The van der Waals surface area contributed by atoms with Crippen LogP contribution in [-0.2, 0) is 17.6 Å². The van der Waals surface area contributed by atoms with E-state index in [4.69, 9.17) is 0 Å². The number of aromatic amines is 1. The molecular formula is C15H18N4O3S2. The van der Waals surface area contributed by atoms with Gasteiger partial charge in [-0.1, -0.05) is 11.8 Å². The summed E-state index contributed by atoms with van der Waals surface area (Å²) in [6, 6.07) is -0.560. The van der Waals surface area contributed by atoms with Gasteiger partial charge in [0.1, 0.15) is 4.83 Å². The van der Waals surface area contributed by atoms with E-state index < -0.39 is 17.2 Å². The fraction of sp³-hybridized carbons (Fsp3) is 0.467. The number of thiophene rings is 1. The van der Waals surface area contributed by atoms with Crippen molar-refractivity contribution < 1.29 is 9.59 Å². The van der Waals surface area contributed by atoms with Crippen molar-refractivity contribution in [3.05, 3.63) is 20.8 Å². The molecule has 0 aliphatic heterocycles. The Labute approximate surface area is 146 Å². The Balaban J connectivity index is 1.84. The van der Waals surface area contributed by atoms with E-state index in [0.29, 0.717) is 10.5 Å². The number of urea groups is 1. The van der Waals surface area contributed by atoms with Crippen LogP contribution in [0.3, 0.4) is 0 Å². The molecule has 0 saturated heterocycles. The molecule has 3 rings (SSSR count). The smallest absolute Gasteiger partial charge is 0.321 e. The third-order valence-corrected chi connectivity index (χ3v) is 6.09. The van der Waals surface area contributed by atoms with Gasteiger partial charge in [0.2, 0.25) is 5.91 Å². The van der Waals surface area contributed by atoms with E-state index in [0.717, 1.165) is 47.8 Å². The van der Waals surface area contributed by atoms with E-state index in [1.807, 2.05) is 0 Å². The molecule has 1 aliphatic carbocycles. The van der Waals surface area contributed by atoms with Crippen molar-refractivity contribution in [1.29, 1.82) is 0 Å². The summed E-state index contributed by atoms with van der Waals surface area (Å²) in [4.78, 5) is 44.8. The van der Waals surface area contributed by atoms with Crippen LogP contribution in [0.4, 0.5) is 4.79 Å². The number of nitrogens with zero attached hydrogens (tertiary/aromatic N) is 1. The van der Waals surface area contributed by atoms with Crippen molar-refractivity contribution in [1.82, 2.24) is 20.6 Å². The molecule has 2 aromatic heterocycles. The minimum atomic E-state index is -0.560. The van der Waals surface area contributed by atoms with Gasteiger partial charge >= 0.3 is 6.03 Å². The maximum absolute atomic E-state index is 12.4. The van der Waals surface area contributed by atoms with Crippen LogP contribution in [0.5, 0.6) is 0 Å². The Morgan fingerprint density at radius 1 is 1.33 bits per heavy atom. The summed E-state index contributed by atoms with van der Waals surface area (Å²) in [6.07, 6.45) is 4.18. The standard InChI is InChI=1S/C15H18N4O3S2/c1-7(11(20)17-14(22)16-2)23-15-18-12(21)10-8-5-3-4-6-9(8)24-13(10)19-15/h7H,3-6H2,1-2H3,(H,18,19,21)(H2,16,17,20,22)/t7-/m1/s1. The van der Waals surface area contributed by atoms with Gasteiger partial charge in [0.05, 0.1) is 10.6 Å². The molecule has 2 aromatic rings. The molecule has 1 atom stereocenters. The molecule has 3 amide bonds.